The van der Waals surface area contributed by atoms with Crippen LogP contribution in [-0.4, -0.2) is 25.4 Å². The van der Waals surface area contributed by atoms with Crippen molar-refractivity contribution in [2.24, 2.45) is 0 Å². The van der Waals surface area contributed by atoms with Crippen LogP contribution in [0, 0.1) is 0 Å². The van der Waals surface area contributed by atoms with Gasteiger partial charge < -0.3 is 13.9 Å². The van der Waals surface area contributed by atoms with Crippen LogP contribution in [0.2, 0.25) is 0 Å². The summed E-state index contributed by atoms with van der Waals surface area (Å²) in [5.41, 5.74) is 0. The van der Waals surface area contributed by atoms with Crippen molar-refractivity contribution < 1.29 is 23.5 Å². The van der Waals surface area contributed by atoms with E-state index >= 15 is 0 Å². The Bertz CT molecular complexity index is 357. The van der Waals surface area contributed by atoms with Gasteiger partial charge in [-0.25, -0.2) is 9.59 Å². The monoisotopic (exact) mass is 256 g/mol. The summed E-state index contributed by atoms with van der Waals surface area (Å²) in [5.74, 6) is 0.371. The predicted octanol–water partition coefficient (Wildman–Crippen LogP) is 1.77. The SMILES string of the molecule is CCOC(=O)NC(NC(=O)OCC)c1ccco1. The van der Waals surface area contributed by atoms with Crippen LogP contribution in [0.4, 0.5) is 9.59 Å². The Balaban J connectivity index is 2.64. The minimum absolute atomic E-state index is 0.232. The molecule has 1 aromatic heterocycles. The van der Waals surface area contributed by atoms with Crippen LogP contribution in [0.25, 0.3) is 0 Å². The summed E-state index contributed by atoms with van der Waals surface area (Å²) in [6, 6.07) is 3.26. The molecular formula is C11H16N2O5. The smallest absolute Gasteiger partial charge is 0.409 e. The zero-order valence-electron chi connectivity index (χ0n) is 10.3. The van der Waals surface area contributed by atoms with Gasteiger partial charge in [0.1, 0.15) is 5.76 Å². The molecule has 1 rings (SSSR count). The van der Waals surface area contributed by atoms with Gasteiger partial charge in [-0.2, -0.15) is 0 Å². The van der Waals surface area contributed by atoms with E-state index in [0.29, 0.717) is 5.76 Å². The first-order chi connectivity index (χ1) is 8.67. The maximum absolute atomic E-state index is 11.3. The standard InChI is InChI=1S/C11H16N2O5/c1-3-16-10(14)12-9(8-6-5-7-18-8)13-11(15)17-4-2/h5-7,9H,3-4H2,1-2H3,(H,12,14)(H,13,15). The molecule has 7 heteroatoms. The topological polar surface area (TPSA) is 89.8 Å². The van der Waals surface area contributed by atoms with E-state index in [0.717, 1.165) is 0 Å². The van der Waals surface area contributed by atoms with Crippen molar-refractivity contribution in [3.63, 3.8) is 0 Å². The highest BCUT2D eigenvalue weighted by Crippen LogP contribution is 2.11. The van der Waals surface area contributed by atoms with Gasteiger partial charge in [0.15, 0.2) is 6.17 Å². The third kappa shape index (κ3) is 4.36. The molecule has 0 aliphatic carbocycles. The average molecular weight is 256 g/mol. The van der Waals surface area contributed by atoms with Gasteiger partial charge >= 0.3 is 12.2 Å². The summed E-state index contributed by atoms with van der Waals surface area (Å²) in [7, 11) is 0. The molecule has 7 nitrogen and oxygen atoms in total. The number of amides is 2. The highest BCUT2D eigenvalue weighted by Gasteiger charge is 2.20. The fraction of sp³-hybridized carbons (Fsp3) is 0.455. The van der Waals surface area contributed by atoms with Crippen molar-refractivity contribution in [2.45, 2.75) is 20.0 Å². The first-order valence-electron chi connectivity index (χ1n) is 5.57. The van der Waals surface area contributed by atoms with Crippen LogP contribution in [0.15, 0.2) is 22.8 Å². The molecule has 0 unspecified atom stereocenters. The summed E-state index contributed by atoms with van der Waals surface area (Å²) in [4.78, 5) is 22.6. The van der Waals surface area contributed by atoms with Gasteiger partial charge in [0.25, 0.3) is 0 Å². The van der Waals surface area contributed by atoms with E-state index in [9.17, 15) is 9.59 Å². The van der Waals surface area contributed by atoms with E-state index in [-0.39, 0.29) is 13.2 Å². The van der Waals surface area contributed by atoms with Gasteiger partial charge in [-0.15, -0.1) is 0 Å². The molecule has 0 atom stereocenters. The lowest BCUT2D eigenvalue weighted by atomic mass is 10.3. The number of hydrogen-bond acceptors (Lipinski definition) is 5. The number of alkyl carbamates (subject to hydrolysis) is 2. The van der Waals surface area contributed by atoms with Gasteiger partial charge in [-0.3, -0.25) is 10.6 Å². The fourth-order valence-electron chi connectivity index (χ4n) is 1.22. The lowest BCUT2D eigenvalue weighted by Crippen LogP contribution is -2.41. The molecule has 0 bridgehead atoms. The van der Waals surface area contributed by atoms with E-state index in [2.05, 4.69) is 10.6 Å². The summed E-state index contributed by atoms with van der Waals surface area (Å²) >= 11 is 0. The van der Waals surface area contributed by atoms with E-state index in [1.807, 2.05) is 0 Å². The number of carbonyl (C=O) groups excluding carboxylic acids is 2. The molecule has 0 fully saturated rings. The molecule has 100 valence electrons. The number of nitrogens with one attached hydrogen (secondary N) is 2. The van der Waals surface area contributed by atoms with Crippen molar-refractivity contribution in [1.29, 1.82) is 0 Å². The molecule has 2 N–H and O–H groups in total. The summed E-state index contributed by atoms with van der Waals surface area (Å²) in [6.45, 7) is 3.83. The van der Waals surface area contributed by atoms with E-state index in [1.54, 1.807) is 26.0 Å². The second kappa shape index (κ2) is 7.21. The van der Waals surface area contributed by atoms with Crippen LogP contribution >= 0.6 is 0 Å². The molecule has 0 saturated heterocycles. The number of carbonyl (C=O) groups is 2. The van der Waals surface area contributed by atoms with Crippen LogP contribution in [0.3, 0.4) is 0 Å². The zero-order chi connectivity index (χ0) is 13.4. The number of hydrogen-bond donors (Lipinski definition) is 2. The Morgan fingerprint density at radius 3 is 2.17 bits per heavy atom. The largest absolute Gasteiger partial charge is 0.465 e. The van der Waals surface area contributed by atoms with E-state index in [1.165, 1.54) is 6.26 Å². The molecule has 2 amide bonds. The Morgan fingerprint density at radius 2 is 1.78 bits per heavy atom. The maximum Gasteiger partial charge on any atom is 0.409 e. The van der Waals surface area contributed by atoms with Gasteiger partial charge in [-0.05, 0) is 26.0 Å². The van der Waals surface area contributed by atoms with Crippen molar-refractivity contribution in [2.75, 3.05) is 13.2 Å². The third-order valence-electron chi connectivity index (χ3n) is 1.90. The molecular weight excluding hydrogens is 240 g/mol. The molecule has 0 aliphatic rings. The lowest BCUT2D eigenvalue weighted by Gasteiger charge is -2.17. The lowest BCUT2D eigenvalue weighted by molar-refractivity contribution is 0.132. The zero-order valence-corrected chi connectivity index (χ0v) is 10.3. The molecule has 0 spiro atoms. The van der Waals surface area contributed by atoms with Crippen molar-refractivity contribution in [3.8, 4) is 0 Å². The maximum atomic E-state index is 11.3. The fourth-order valence-corrected chi connectivity index (χ4v) is 1.22. The normalized spacial score (nSPS) is 9.94. The van der Waals surface area contributed by atoms with Crippen LogP contribution < -0.4 is 10.6 Å². The Hall–Kier alpha value is -2.18. The van der Waals surface area contributed by atoms with E-state index in [4.69, 9.17) is 13.9 Å². The van der Waals surface area contributed by atoms with Crippen molar-refractivity contribution in [3.05, 3.63) is 24.2 Å². The van der Waals surface area contributed by atoms with Crippen LogP contribution in [0.1, 0.15) is 25.8 Å². The molecule has 1 heterocycles. The predicted molar refractivity (Wildman–Crippen MR) is 61.8 cm³/mol. The van der Waals surface area contributed by atoms with E-state index < -0.39 is 18.4 Å². The van der Waals surface area contributed by atoms with Gasteiger partial charge in [0, 0.05) is 0 Å². The highest BCUT2D eigenvalue weighted by atomic mass is 16.6. The quantitative estimate of drug-likeness (QED) is 0.783. The van der Waals surface area contributed by atoms with Crippen LogP contribution in [0.5, 0.6) is 0 Å². The minimum Gasteiger partial charge on any atom is -0.465 e. The van der Waals surface area contributed by atoms with Crippen molar-refractivity contribution >= 4 is 12.2 Å². The summed E-state index contributed by atoms with van der Waals surface area (Å²) in [6.07, 6.45) is -0.716. The van der Waals surface area contributed by atoms with Gasteiger partial charge in [0.2, 0.25) is 0 Å². The molecule has 18 heavy (non-hydrogen) atoms. The van der Waals surface area contributed by atoms with Gasteiger partial charge in [-0.1, -0.05) is 0 Å². The average Bonchev–Trinajstić information content (AvgIpc) is 2.82. The highest BCUT2D eigenvalue weighted by molar-refractivity contribution is 5.71. The Morgan fingerprint density at radius 1 is 1.22 bits per heavy atom. The second-order valence-corrected chi connectivity index (χ2v) is 3.18. The first-order valence-corrected chi connectivity index (χ1v) is 5.57. The molecule has 1 aromatic rings. The summed E-state index contributed by atoms with van der Waals surface area (Å²) < 4.78 is 14.6. The number of furan rings is 1. The number of ether oxygens (including phenoxy) is 2. The van der Waals surface area contributed by atoms with Crippen molar-refractivity contribution in [1.82, 2.24) is 10.6 Å². The third-order valence-corrected chi connectivity index (χ3v) is 1.90. The van der Waals surface area contributed by atoms with Gasteiger partial charge in [0.05, 0.1) is 19.5 Å². The number of rotatable bonds is 5. The second-order valence-electron chi connectivity index (χ2n) is 3.18. The molecule has 0 aromatic carbocycles. The first kappa shape index (κ1) is 13.9. The van der Waals surface area contributed by atoms with Crippen LogP contribution in [-0.2, 0) is 9.47 Å². The Kier molecular flexibility index (Phi) is 5.56. The molecule has 0 saturated carbocycles. The minimum atomic E-state index is -0.835. The Labute approximate surface area is 104 Å². The molecule has 0 aliphatic heterocycles. The molecule has 0 radical (unpaired) electrons. The summed E-state index contributed by atoms with van der Waals surface area (Å²) in [5, 5.41) is 4.89.